The van der Waals surface area contributed by atoms with Crippen molar-refractivity contribution in [1.29, 1.82) is 0 Å². The van der Waals surface area contributed by atoms with Gasteiger partial charge in [0, 0.05) is 35.1 Å². The summed E-state index contributed by atoms with van der Waals surface area (Å²) in [5, 5.41) is 12.3. The van der Waals surface area contributed by atoms with Gasteiger partial charge in [-0.2, -0.15) is 0 Å². The van der Waals surface area contributed by atoms with Crippen LogP contribution in [0.25, 0.3) is 0 Å². The summed E-state index contributed by atoms with van der Waals surface area (Å²) in [5.74, 6) is 9.89. The molecule has 6 nitrogen and oxygen atoms in total. The summed E-state index contributed by atoms with van der Waals surface area (Å²) in [5.41, 5.74) is 4.39. The summed E-state index contributed by atoms with van der Waals surface area (Å²) in [6.07, 6.45) is 7.98. The summed E-state index contributed by atoms with van der Waals surface area (Å²) < 4.78 is 17.0. The Morgan fingerprint density at radius 1 is 0.878 bits per heavy atom. The lowest BCUT2D eigenvalue weighted by Gasteiger charge is -2.57. The van der Waals surface area contributed by atoms with Crippen LogP contribution in [0.5, 0.6) is 11.5 Å². The molecule has 0 unspecified atom stereocenters. The fraction of sp³-hybridized carbons (Fsp3) is 0.400. The van der Waals surface area contributed by atoms with Crippen LogP contribution in [0.3, 0.4) is 0 Å². The molecule has 1 amide bonds. The van der Waals surface area contributed by atoms with E-state index in [-0.39, 0.29) is 23.9 Å². The van der Waals surface area contributed by atoms with Crippen LogP contribution >= 0.6 is 0 Å². The number of aromatic hydroxyl groups is 1. The number of carbonyl (C=O) groups is 1. The molecule has 4 bridgehead atoms. The van der Waals surface area contributed by atoms with Gasteiger partial charge in [-0.25, -0.2) is 0 Å². The molecule has 4 aliphatic carbocycles. The number of ether oxygens (including phenoxy) is 3. The summed E-state index contributed by atoms with van der Waals surface area (Å²) >= 11 is 0. The van der Waals surface area contributed by atoms with Crippen LogP contribution < -0.4 is 10.1 Å². The minimum Gasteiger partial charge on any atom is -0.508 e. The number of methoxy groups -OCH3 is 1. The average molecular weight is 552 g/mol. The van der Waals surface area contributed by atoms with Crippen LogP contribution in [-0.2, 0) is 14.9 Å². The quantitative estimate of drug-likeness (QED) is 0.137. The highest BCUT2D eigenvalue weighted by molar-refractivity contribution is 6.04. The molecule has 2 N–H and O–H groups in total. The Morgan fingerprint density at radius 3 is 2.17 bits per heavy atom. The van der Waals surface area contributed by atoms with E-state index in [4.69, 9.17) is 14.2 Å². The maximum absolute atomic E-state index is 12.6. The molecule has 4 saturated carbocycles. The molecule has 4 fully saturated rings. The van der Waals surface area contributed by atoms with E-state index < -0.39 is 0 Å². The number of hydrogen-bond donors (Lipinski definition) is 2. The highest BCUT2D eigenvalue weighted by Gasteiger charge is 2.52. The molecule has 3 aromatic rings. The van der Waals surface area contributed by atoms with Crippen molar-refractivity contribution >= 4 is 11.6 Å². The summed E-state index contributed by atoms with van der Waals surface area (Å²) in [6, 6.07) is 20.1. The van der Waals surface area contributed by atoms with Crippen LogP contribution in [0.1, 0.15) is 65.6 Å². The van der Waals surface area contributed by atoms with Crippen molar-refractivity contribution in [1.82, 2.24) is 0 Å². The number of rotatable bonds is 9. The van der Waals surface area contributed by atoms with E-state index in [9.17, 15) is 9.90 Å². The number of benzene rings is 3. The molecule has 0 heterocycles. The minimum atomic E-state index is -0.218. The minimum absolute atomic E-state index is 0.155. The number of hydrogen-bond acceptors (Lipinski definition) is 5. The normalized spacial score (nSPS) is 24.0. The van der Waals surface area contributed by atoms with E-state index >= 15 is 0 Å². The topological polar surface area (TPSA) is 77.0 Å². The first-order chi connectivity index (χ1) is 20.0. The van der Waals surface area contributed by atoms with Gasteiger partial charge in [0.2, 0.25) is 0 Å². The first kappa shape index (κ1) is 27.4. The summed E-state index contributed by atoms with van der Waals surface area (Å²) in [7, 11) is 1.66. The van der Waals surface area contributed by atoms with Crippen LogP contribution in [0.2, 0.25) is 0 Å². The molecule has 7 rings (SSSR count). The van der Waals surface area contributed by atoms with Gasteiger partial charge in [-0.05, 0) is 122 Å². The predicted molar refractivity (Wildman–Crippen MR) is 158 cm³/mol. The molecular weight excluding hydrogens is 514 g/mol. The van der Waals surface area contributed by atoms with E-state index in [1.54, 1.807) is 31.4 Å². The Balaban J connectivity index is 1.18. The van der Waals surface area contributed by atoms with Gasteiger partial charge in [-0.3, -0.25) is 4.79 Å². The highest BCUT2D eigenvalue weighted by Crippen LogP contribution is 2.61. The van der Waals surface area contributed by atoms with E-state index in [0.29, 0.717) is 24.5 Å². The average Bonchev–Trinajstić information content (AvgIpc) is 2.97. The number of phenolic OH excluding ortho intramolecular Hbond substituents is 1. The molecular formula is C35H37NO5. The number of phenols is 1. The molecule has 4 aliphatic rings. The number of nitrogens with one attached hydrogen (secondary N) is 1. The zero-order valence-electron chi connectivity index (χ0n) is 23.5. The van der Waals surface area contributed by atoms with E-state index in [2.05, 4.69) is 35.4 Å². The van der Waals surface area contributed by atoms with E-state index in [0.717, 1.165) is 34.6 Å². The van der Waals surface area contributed by atoms with Crippen molar-refractivity contribution in [3.8, 4) is 23.3 Å². The molecule has 0 aromatic heterocycles. The Hall–Kier alpha value is -3.79. The third-order valence-electron chi connectivity index (χ3n) is 8.94. The van der Waals surface area contributed by atoms with Gasteiger partial charge in [0.15, 0.2) is 6.79 Å². The molecule has 0 aliphatic heterocycles. The number of anilines is 1. The molecule has 3 aromatic carbocycles. The van der Waals surface area contributed by atoms with Gasteiger partial charge in [0.05, 0.1) is 13.2 Å². The predicted octanol–water partition coefficient (Wildman–Crippen LogP) is 6.51. The van der Waals surface area contributed by atoms with Gasteiger partial charge in [-0.1, -0.05) is 17.9 Å². The van der Waals surface area contributed by atoms with Crippen molar-refractivity contribution in [3.63, 3.8) is 0 Å². The Kier molecular flexibility index (Phi) is 8.00. The van der Waals surface area contributed by atoms with E-state index in [1.807, 2.05) is 12.1 Å². The molecule has 0 saturated heterocycles. The zero-order valence-corrected chi connectivity index (χ0v) is 23.5. The van der Waals surface area contributed by atoms with Crippen molar-refractivity contribution in [3.05, 3.63) is 89.0 Å². The van der Waals surface area contributed by atoms with Crippen molar-refractivity contribution in [2.24, 2.45) is 17.8 Å². The fourth-order valence-electron chi connectivity index (χ4n) is 7.50. The SMILES string of the molecule is COCCOCOc1cc(C#Cc2ccc(C(=O)Nc3ccc(O)cc3)cc2)ccc1C12CC3CC(CC(C3)C1)C2. The van der Waals surface area contributed by atoms with Gasteiger partial charge >= 0.3 is 0 Å². The van der Waals surface area contributed by atoms with Gasteiger partial charge in [0.25, 0.3) is 5.91 Å². The molecule has 6 heteroatoms. The lowest BCUT2D eigenvalue weighted by molar-refractivity contribution is -0.0189. The van der Waals surface area contributed by atoms with Crippen LogP contribution in [0, 0.1) is 29.6 Å². The molecule has 0 atom stereocenters. The Morgan fingerprint density at radius 2 is 1.51 bits per heavy atom. The largest absolute Gasteiger partial charge is 0.508 e. The summed E-state index contributed by atoms with van der Waals surface area (Å²) in [4.78, 5) is 12.6. The van der Waals surface area contributed by atoms with Gasteiger partial charge in [-0.15, -0.1) is 0 Å². The first-order valence-corrected chi connectivity index (χ1v) is 14.6. The van der Waals surface area contributed by atoms with Crippen LogP contribution in [-0.4, -0.2) is 38.1 Å². The number of carbonyl (C=O) groups excluding carboxylic acids is 1. The standard InChI is InChI=1S/C35H37NO5/c1-39-14-15-40-23-41-33-19-25(6-13-32(33)35-20-26-16-27(21-35)18-28(17-26)22-35)3-2-24-4-7-29(8-5-24)34(38)36-30-9-11-31(37)12-10-30/h4-13,19,26-28,37H,14-18,20-23H2,1H3,(H,36,38). The number of amides is 1. The Labute approximate surface area is 242 Å². The van der Waals surface area contributed by atoms with Crippen molar-refractivity contribution in [2.75, 3.05) is 32.4 Å². The lowest BCUT2D eigenvalue weighted by Crippen LogP contribution is -2.48. The van der Waals surface area contributed by atoms with Gasteiger partial charge < -0.3 is 24.6 Å². The third kappa shape index (κ3) is 6.27. The highest BCUT2D eigenvalue weighted by atomic mass is 16.7. The van der Waals surface area contributed by atoms with E-state index in [1.165, 1.54) is 56.2 Å². The monoisotopic (exact) mass is 551 g/mol. The Bertz CT molecular complexity index is 1400. The smallest absolute Gasteiger partial charge is 0.255 e. The second kappa shape index (κ2) is 12.0. The van der Waals surface area contributed by atoms with Crippen LogP contribution in [0.15, 0.2) is 66.7 Å². The molecule has 212 valence electrons. The van der Waals surface area contributed by atoms with Crippen LogP contribution in [0.4, 0.5) is 5.69 Å². The van der Waals surface area contributed by atoms with Crippen molar-refractivity contribution < 1.29 is 24.1 Å². The first-order valence-electron chi connectivity index (χ1n) is 14.6. The van der Waals surface area contributed by atoms with Gasteiger partial charge in [0.1, 0.15) is 11.5 Å². The zero-order chi connectivity index (χ0) is 28.2. The lowest BCUT2D eigenvalue weighted by atomic mass is 9.48. The maximum Gasteiger partial charge on any atom is 0.255 e. The molecule has 0 spiro atoms. The maximum atomic E-state index is 12.6. The second-order valence-corrected chi connectivity index (χ2v) is 11.9. The van der Waals surface area contributed by atoms with Crippen molar-refractivity contribution in [2.45, 2.75) is 43.9 Å². The molecule has 0 radical (unpaired) electrons. The fourth-order valence-corrected chi connectivity index (χ4v) is 7.50. The summed E-state index contributed by atoms with van der Waals surface area (Å²) in [6.45, 7) is 1.22. The molecule has 41 heavy (non-hydrogen) atoms. The third-order valence-corrected chi connectivity index (χ3v) is 8.94. The second-order valence-electron chi connectivity index (χ2n) is 11.9.